The van der Waals surface area contributed by atoms with Gasteiger partial charge in [0.15, 0.2) is 0 Å². The van der Waals surface area contributed by atoms with Gasteiger partial charge < -0.3 is 5.11 Å². The molecule has 1 saturated carbocycles. The van der Waals surface area contributed by atoms with Gasteiger partial charge in [0.2, 0.25) is 10.0 Å². The Labute approximate surface area is 131 Å². The average Bonchev–Trinajstić information content (AvgIpc) is 3.02. The normalized spacial score (nSPS) is 24.4. The summed E-state index contributed by atoms with van der Waals surface area (Å²) in [4.78, 5) is 3.24. The van der Waals surface area contributed by atoms with Crippen LogP contribution in [-0.4, -0.2) is 43.6 Å². The lowest BCUT2D eigenvalue weighted by molar-refractivity contribution is 0.285. The van der Waals surface area contributed by atoms with E-state index >= 15 is 0 Å². The number of nitrogens with zero attached hydrogens (tertiary/aromatic N) is 1. The third kappa shape index (κ3) is 3.10. The molecule has 1 aliphatic carbocycles. The molecule has 1 atom stereocenters. The summed E-state index contributed by atoms with van der Waals surface area (Å²) in [5.74, 6) is 0. The molecule has 1 aromatic rings. The molecule has 1 saturated heterocycles. The van der Waals surface area contributed by atoms with Gasteiger partial charge in [-0.1, -0.05) is 0 Å². The van der Waals surface area contributed by atoms with E-state index in [1.54, 1.807) is 0 Å². The average molecular weight is 381 g/mol. The number of hydrogen-bond acceptors (Lipinski definition) is 5. The van der Waals surface area contributed by atoms with Crippen molar-refractivity contribution in [1.82, 2.24) is 9.62 Å². The van der Waals surface area contributed by atoms with Crippen LogP contribution in [0.4, 0.5) is 0 Å². The van der Waals surface area contributed by atoms with E-state index in [4.69, 9.17) is 5.11 Å². The fourth-order valence-electron chi connectivity index (χ4n) is 2.60. The fourth-order valence-corrected chi connectivity index (χ4v) is 6.40. The SMILES string of the molecule is O=S(=O)(NC1CCN(C2CC2)C1)c1cc(CO)sc1Br. The van der Waals surface area contributed by atoms with Gasteiger partial charge in [0, 0.05) is 30.1 Å². The van der Waals surface area contributed by atoms with E-state index in [9.17, 15) is 8.42 Å². The van der Waals surface area contributed by atoms with Gasteiger partial charge in [-0.05, 0) is 41.3 Å². The molecule has 2 N–H and O–H groups in total. The highest BCUT2D eigenvalue weighted by molar-refractivity contribution is 9.11. The van der Waals surface area contributed by atoms with Crippen LogP contribution < -0.4 is 4.72 Å². The molecule has 1 aliphatic heterocycles. The maximum atomic E-state index is 12.4. The van der Waals surface area contributed by atoms with Gasteiger partial charge in [-0.15, -0.1) is 11.3 Å². The lowest BCUT2D eigenvalue weighted by Crippen LogP contribution is -2.37. The molecule has 112 valence electrons. The maximum absolute atomic E-state index is 12.4. The Bertz CT molecular complexity index is 598. The van der Waals surface area contributed by atoms with E-state index in [-0.39, 0.29) is 17.5 Å². The summed E-state index contributed by atoms with van der Waals surface area (Å²) in [6.45, 7) is 1.64. The van der Waals surface area contributed by atoms with Crippen molar-refractivity contribution in [2.45, 2.75) is 42.8 Å². The van der Waals surface area contributed by atoms with Crippen molar-refractivity contribution in [3.05, 3.63) is 14.7 Å². The number of aliphatic hydroxyl groups is 1. The van der Waals surface area contributed by atoms with Gasteiger partial charge in [0.05, 0.1) is 10.4 Å². The molecule has 5 nitrogen and oxygen atoms in total. The molecule has 20 heavy (non-hydrogen) atoms. The summed E-state index contributed by atoms with van der Waals surface area (Å²) >= 11 is 4.52. The lowest BCUT2D eigenvalue weighted by Gasteiger charge is -2.15. The first-order valence-electron chi connectivity index (χ1n) is 6.65. The maximum Gasteiger partial charge on any atom is 0.242 e. The van der Waals surface area contributed by atoms with Gasteiger partial charge in [-0.25, -0.2) is 13.1 Å². The third-order valence-electron chi connectivity index (χ3n) is 3.76. The smallest absolute Gasteiger partial charge is 0.242 e. The first-order valence-corrected chi connectivity index (χ1v) is 9.74. The van der Waals surface area contributed by atoms with Crippen molar-refractivity contribution in [2.24, 2.45) is 0 Å². The summed E-state index contributed by atoms with van der Waals surface area (Å²) in [5.41, 5.74) is 0. The van der Waals surface area contributed by atoms with Crippen molar-refractivity contribution in [1.29, 1.82) is 0 Å². The molecular formula is C12H17BrN2O3S2. The highest BCUT2D eigenvalue weighted by atomic mass is 79.9. The van der Waals surface area contributed by atoms with Gasteiger partial charge in [-0.3, -0.25) is 4.90 Å². The monoisotopic (exact) mass is 380 g/mol. The second kappa shape index (κ2) is 5.66. The molecule has 0 radical (unpaired) electrons. The van der Waals surface area contributed by atoms with Crippen LogP contribution in [0.2, 0.25) is 0 Å². The van der Waals surface area contributed by atoms with Crippen molar-refractivity contribution in [3.8, 4) is 0 Å². The van der Waals surface area contributed by atoms with Crippen LogP contribution in [0.25, 0.3) is 0 Å². The Morgan fingerprint density at radius 2 is 2.20 bits per heavy atom. The topological polar surface area (TPSA) is 69.6 Å². The summed E-state index contributed by atoms with van der Waals surface area (Å²) in [6.07, 6.45) is 3.36. The quantitative estimate of drug-likeness (QED) is 0.812. The second-order valence-electron chi connectivity index (χ2n) is 5.34. The molecule has 0 bridgehead atoms. The van der Waals surface area contributed by atoms with Crippen LogP contribution in [0.1, 0.15) is 24.1 Å². The lowest BCUT2D eigenvalue weighted by atomic mass is 10.3. The summed E-state index contributed by atoms with van der Waals surface area (Å²) in [6, 6.07) is 2.20. The standard InChI is InChI=1S/C12H17BrN2O3S2/c13-12-11(5-10(7-16)19-12)20(17,18)14-8-3-4-15(6-8)9-1-2-9/h5,8-9,14,16H,1-4,6-7H2. The van der Waals surface area contributed by atoms with E-state index in [0.717, 1.165) is 19.5 Å². The molecule has 2 heterocycles. The van der Waals surface area contributed by atoms with Crippen LogP contribution in [0.5, 0.6) is 0 Å². The molecule has 1 aromatic heterocycles. The third-order valence-corrected chi connectivity index (χ3v) is 7.51. The molecule has 1 unspecified atom stereocenters. The van der Waals surface area contributed by atoms with Crippen LogP contribution in [-0.2, 0) is 16.6 Å². The minimum absolute atomic E-state index is 0.00928. The zero-order valence-corrected chi connectivity index (χ0v) is 14.1. The number of thiophene rings is 1. The van der Waals surface area contributed by atoms with Crippen LogP contribution >= 0.6 is 27.3 Å². The van der Waals surface area contributed by atoms with Crippen LogP contribution in [0.15, 0.2) is 14.7 Å². The Morgan fingerprint density at radius 1 is 1.45 bits per heavy atom. The van der Waals surface area contributed by atoms with E-state index < -0.39 is 10.0 Å². The zero-order chi connectivity index (χ0) is 14.3. The van der Waals surface area contributed by atoms with E-state index in [1.165, 1.54) is 30.2 Å². The molecule has 2 aliphatic rings. The van der Waals surface area contributed by atoms with Crippen LogP contribution in [0.3, 0.4) is 0 Å². The Hall–Kier alpha value is 0.01000. The number of halogens is 1. The van der Waals surface area contributed by atoms with E-state index in [1.807, 2.05) is 0 Å². The molecule has 8 heteroatoms. The summed E-state index contributed by atoms with van der Waals surface area (Å²) in [5, 5.41) is 9.10. The second-order valence-corrected chi connectivity index (χ2v) is 9.48. The Morgan fingerprint density at radius 3 is 2.80 bits per heavy atom. The van der Waals surface area contributed by atoms with Crippen molar-refractivity contribution in [2.75, 3.05) is 13.1 Å². The molecule has 0 aromatic carbocycles. The molecule has 3 rings (SSSR count). The van der Waals surface area contributed by atoms with E-state index in [0.29, 0.717) is 14.7 Å². The Balaban J connectivity index is 1.70. The van der Waals surface area contributed by atoms with Crippen LogP contribution in [0, 0.1) is 0 Å². The number of rotatable bonds is 5. The van der Waals surface area contributed by atoms with Gasteiger partial charge in [-0.2, -0.15) is 0 Å². The number of hydrogen-bond donors (Lipinski definition) is 2. The number of aliphatic hydroxyl groups excluding tert-OH is 1. The van der Waals surface area contributed by atoms with Crippen molar-refractivity contribution < 1.29 is 13.5 Å². The molecule has 2 fully saturated rings. The first-order chi connectivity index (χ1) is 9.49. The van der Waals surface area contributed by atoms with Gasteiger partial charge in [0.1, 0.15) is 4.90 Å². The predicted molar refractivity (Wildman–Crippen MR) is 81.3 cm³/mol. The minimum atomic E-state index is -3.52. The minimum Gasteiger partial charge on any atom is -0.391 e. The molecule has 0 amide bonds. The predicted octanol–water partition coefficient (Wildman–Crippen LogP) is 1.52. The fraction of sp³-hybridized carbons (Fsp3) is 0.667. The number of nitrogens with one attached hydrogen (secondary N) is 1. The van der Waals surface area contributed by atoms with Gasteiger partial charge in [0.25, 0.3) is 0 Å². The Kier molecular flexibility index (Phi) is 4.22. The van der Waals surface area contributed by atoms with Crippen molar-refractivity contribution >= 4 is 37.3 Å². The summed E-state index contributed by atoms with van der Waals surface area (Å²) in [7, 11) is -3.52. The molecular weight excluding hydrogens is 364 g/mol. The molecule has 0 spiro atoms. The first kappa shape index (κ1) is 14.9. The number of likely N-dealkylation sites (tertiary alicyclic amines) is 1. The summed E-state index contributed by atoms with van der Waals surface area (Å²) < 4.78 is 28.1. The van der Waals surface area contributed by atoms with Crippen molar-refractivity contribution in [3.63, 3.8) is 0 Å². The van der Waals surface area contributed by atoms with Gasteiger partial charge >= 0.3 is 0 Å². The van der Waals surface area contributed by atoms with E-state index in [2.05, 4.69) is 25.6 Å². The number of sulfonamides is 1. The largest absolute Gasteiger partial charge is 0.391 e. The zero-order valence-electron chi connectivity index (χ0n) is 10.9. The highest BCUT2D eigenvalue weighted by Gasteiger charge is 2.36. The highest BCUT2D eigenvalue weighted by Crippen LogP contribution is 2.33.